The maximum Gasteiger partial charge on any atom is 0.373 e. The van der Waals surface area contributed by atoms with Crippen LogP contribution in [0.3, 0.4) is 0 Å². The van der Waals surface area contributed by atoms with Crippen molar-refractivity contribution in [3.8, 4) is 0 Å². The summed E-state index contributed by atoms with van der Waals surface area (Å²) in [6.07, 6.45) is -0.468. The lowest BCUT2D eigenvalue weighted by atomic mass is 10.0. The summed E-state index contributed by atoms with van der Waals surface area (Å²) in [5, 5.41) is 0. The van der Waals surface area contributed by atoms with E-state index in [2.05, 4.69) is 0 Å². The predicted octanol–water partition coefficient (Wildman–Crippen LogP) is 4.56. The van der Waals surface area contributed by atoms with E-state index >= 15 is 0 Å². The van der Waals surface area contributed by atoms with E-state index in [1.165, 1.54) is 0 Å². The number of rotatable bonds is 5. The average molecular weight is 304 g/mol. The van der Waals surface area contributed by atoms with Gasteiger partial charge < -0.3 is 0 Å². The van der Waals surface area contributed by atoms with Gasteiger partial charge >= 0.3 is 5.97 Å². The van der Waals surface area contributed by atoms with Crippen molar-refractivity contribution in [1.82, 2.24) is 0 Å². The fraction of sp³-hybridized carbons (Fsp3) is 0.0500. The molecule has 0 saturated carbocycles. The Balaban J connectivity index is 1.79. The van der Waals surface area contributed by atoms with E-state index in [9.17, 15) is 4.79 Å². The Bertz CT molecular complexity index is 700. The Morgan fingerprint density at radius 1 is 0.652 bits per heavy atom. The second kappa shape index (κ2) is 7.38. The van der Waals surface area contributed by atoms with Crippen LogP contribution in [-0.2, 0) is 9.78 Å². The highest BCUT2D eigenvalue weighted by atomic mass is 17.2. The van der Waals surface area contributed by atoms with E-state index in [0.29, 0.717) is 5.56 Å². The lowest BCUT2D eigenvalue weighted by Crippen LogP contribution is -2.12. The maximum atomic E-state index is 12.1. The van der Waals surface area contributed by atoms with Crippen molar-refractivity contribution in [2.24, 2.45) is 0 Å². The topological polar surface area (TPSA) is 35.5 Å². The van der Waals surface area contributed by atoms with Crippen molar-refractivity contribution in [2.45, 2.75) is 6.10 Å². The summed E-state index contributed by atoms with van der Waals surface area (Å²) < 4.78 is 0. The summed E-state index contributed by atoms with van der Waals surface area (Å²) >= 11 is 0. The molecule has 0 saturated heterocycles. The van der Waals surface area contributed by atoms with Crippen LogP contribution in [0.5, 0.6) is 0 Å². The van der Waals surface area contributed by atoms with Crippen LogP contribution in [0.15, 0.2) is 91.0 Å². The fourth-order valence-electron chi connectivity index (χ4n) is 2.27. The maximum absolute atomic E-state index is 12.1. The van der Waals surface area contributed by atoms with Crippen molar-refractivity contribution >= 4 is 5.97 Å². The average Bonchev–Trinajstić information content (AvgIpc) is 2.64. The van der Waals surface area contributed by atoms with E-state index in [1.807, 2.05) is 66.7 Å². The highest BCUT2D eigenvalue weighted by molar-refractivity contribution is 5.88. The molecule has 3 aromatic rings. The minimum Gasteiger partial charge on any atom is -0.292 e. The third-order valence-electron chi connectivity index (χ3n) is 3.43. The van der Waals surface area contributed by atoms with Crippen LogP contribution in [0.2, 0.25) is 0 Å². The second-order valence-corrected chi connectivity index (χ2v) is 5.03. The lowest BCUT2D eigenvalue weighted by molar-refractivity contribution is -0.267. The van der Waals surface area contributed by atoms with E-state index < -0.39 is 12.1 Å². The molecular weight excluding hydrogens is 288 g/mol. The van der Waals surface area contributed by atoms with Gasteiger partial charge in [0.05, 0.1) is 5.56 Å². The minimum atomic E-state index is -0.512. The molecule has 0 unspecified atom stereocenters. The molecule has 0 spiro atoms. The van der Waals surface area contributed by atoms with Gasteiger partial charge in [0.1, 0.15) is 0 Å². The monoisotopic (exact) mass is 304 g/mol. The number of carbonyl (C=O) groups is 1. The van der Waals surface area contributed by atoms with Crippen LogP contribution in [0.25, 0.3) is 0 Å². The third-order valence-corrected chi connectivity index (χ3v) is 3.43. The van der Waals surface area contributed by atoms with Crippen LogP contribution in [-0.4, -0.2) is 5.97 Å². The molecule has 3 heteroatoms. The number of hydrogen-bond acceptors (Lipinski definition) is 3. The van der Waals surface area contributed by atoms with Gasteiger partial charge in [-0.3, -0.25) is 4.89 Å². The number of carbonyl (C=O) groups excluding carboxylic acids is 1. The first-order chi connectivity index (χ1) is 11.3. The molecule has 0 amide bonds. The Hall–Kier alpha value is -2.91. The molecule has 3 aromatic carbocycles. The second-order valence-electron chi connectivity index (χ2n) is 5.03. The molecule has 0 aliphatic rings. The standard InChI is InChI=1S/C20H16O3/c21-20(18-14-8-3-9-15-18)23-22-19(16-10-4-1-5-11-16)17-12-6-2-7-13-17/h1-15,19H. The van der Waals surface area contributed by atoms with Gasteiger partial charge in [-0.25, -0.2) is 4.79 Å². The van der Waals surface area contributed by atoms with Gasteiger partial charge in [0.15, 0.2) is 6.10 Å². The van der Waals surface area contributed by atoms with Gasteiger partial charge in [-0.05, 0) is 23.3 Å². The summed E-state index contributed by atoms with van der Waals surface area (Å²) in [5.41, 5.74) is 2.28. The Kier molecular flexibility index (Phi) is 4.82. The molecule has 0 heterocycles. The van der Waals surface area contributed by atoms with Crippen molar-refractivity contribution in [1.29, 1.82) is 0 Å². The molecule has 0 aliphatic heterocycles. The zero-order valence-corrected chi connectivity index (χ0v) is 12.5. The van der Waals surface area contributed by atoms with Crippen LogP contribution < -0.4 is 0 Å². The third kappa shape index (κ3) is 3.84. The zero-order chi connectivity index (χ0) is 15.9. The summed E-state index contributed by atoms with van der Waals surface area (Å²) in [6, 6.07) is 28.1. The van der Waals surface area contributed by atoms with Crippen LogP contribution in [0, 0.1) is 0 Å². The van der Waals surface area contributed by atoms with Crippen LogP contribution >= 0.6 is 0 Å². The molecule has 0 N–H and O–H groups in total. The van der Waals surface area contributed by atoms with Crippen molar-refractivity contribution in [3.05, 3.63) is 108 Å². The van der Waals surface area contributed by atoms with E-state index in [-0.39, 0.29) is 0 Å². The largest absolute Gasteiger partial charge is 0.373 e. The quantitative estimate of drug-likeness (QED) is 0.512. The summed E-state index contributed by atoms with van der Waals surface area (Å²) in [7, 11) is 0. The molecule has 3 rings (SSSR count). The molecular formula is C20H16O3. The van der Waals surface area contributed by atoms with E-state index in [1.54, 1.807) is 24.3 Å². The highest BCUT2D eigenvalue weighted by Crippen LogP contribution is 2.26. The molecule has 0 aromatic heterocycles. The zero-order valence-electron chi connectivity index (χ0n) is 12.5. The van der Waals surface area contributed by atoms with Gasteiger partial charge in [-0.2, -0.15) is 4.89 Å². The molecule has 114 valence electrons. The SMILES string of the molecule is O=C(OOC(c1ccccc1)c1ccccc1)c1ccccc1. The first kappa shape index (κ1) is 15.0. The number of hydrogen-bond donors (Lipinski definition) is 0. The molecule has 0 radical (unpaired) electrons. The van der Waals surface area contributed by atoms with Crippen molar-refractivity contribution < 1.29 is 14.6 Å². The summed E-state index contributed by atoms with van der Waals surface area (Å²) in [4.78, 5) is 22.6. The van der Waals surface area contributed by atoms with E-state index in [4.69, 9.17) is 9.78 Å². The van der Waals surface area contributed by atoms with Crippen molar-refractivity contribution in [2.75, 3.05) is 0 Å². The van der Waals surface area contributed by atoms with Crippen LogP contribution in [0.4, 0.5) is 0 Å². The van der Waals surface area contributed by atoms with Crippen LogP contribution in [0.1, 0.15) is 27.6 Å². The Morgan fingerprint density at radius 3 is 1.57 bits per heavy atom. The molecule has 0 aliphatic carbocycles. The molecule has 3 nitrogen and oxygen atoms in total. The van der Waals surface area contributed by atoms with E-state index in [0.717, 1.165) is 11.1 Å². The van der Waals surface area contributed by atoms with Gasteiger partial charge in [0.2, 0.25) is 0 Å². The minimum absolute atomic E-state index is 0.451. The van der Waals surface area contributed by atoms with Crippen molar-refractivity contribution in [3.63, 3.8) is 0 Å². The number of benzene rings is 3. The molecule has 0 bridgehead atoms. The van der Waals surface area contributed by atoms with Gasteiger partial charge in [-0.15, -0.1) is 0 Å². The lowest BCUT2D eigenvalue weighted by Gasteiger charge is -2.17. The van der Waals surface area contributed by atoms with Gasteiger partial charge in [0, 0.05) is 0 Å². The first-order valence-electron chi connectivity index (χ1n) is 7.37. The summed E-state index contributed by atoms with van der Waals surface area (Å²) in [5.74, 6) is -0.512. The summed E-state index contributed by atoms with van der Waals surface area (Å²) in [6.45, 7) is 0. The predicted molar refractivity (Wildman–Crippen MR) is 87.7 cm³/mol. The molecule has 23 heavy (non-hydrogen) atoms. The molecule has 0 fully saturated rings. The van der Waals surface area contributed by atoms with Gasteiger partial charge in [0.25, 0.3) is 0 Å². The Labute approximate surface area is 135 Å². The smallest absolute Gasteiger partial charge is 0.292 e. The molecule has 0 atom stereocenters. The first-order valence-corrected chi connectivity index (χ1v) is 7.37. The Morgan fingerprint density at radius 2 is 1.09 bits per heavy atom. The fourth-order valence-corrected chi connectivity index (χ4v) is 2.27. The normalized spacial score (nSPS) is 10.5. The van der Waals surface area contributed by atoms with Gasteiger partial charge in [-0.1, -0.05) is 78.9 Å². The highest BCUT2D eigenvalue weighted by Gasteiger charge is 2.18.